The molecular weight excluding hydrogens is 1520 g/mol. The molecule has 35 heteroatoms. The molecule has 0 saturated carbocycles. The summed E-state index contributed by atoms with van der Waals surface area (Å²) in [5.41, 5.74) is -2.24. The molecule has 6 aliphatic heterocycles. The Morgan fingerprint density at radius 1 is 0.255 bits per heavy atom. The van der Waals surface area contributed by atoms with Crippen LogP contribution in [0.4, 0.5) is 0 Å². The minimum absolute atomic E-state index is 0.0298. The first-order valence-corrected chi connectivity index (χ1v) is 47.6. The monoisotopic (exact) mass is 1620 g/mol. The lowest BCUT2D eigenvalue weighted by molar-refractivity contribution is -0.237. The summed E-state index contributed by atoms with van der Waals surface area (Å²) in [4.78, 5) is 70.2. The highest BCUT2D eigenvalue weighted by Crippen LogP contribution is 2.40. The molecule has 0 unspecified atom stereocenters. The molecule has 0 bridgehead atoms. The lowest BCUT2D eigenvalue weighted by Gasteiger charge is -2.46. The number of hydrogen-bond donors (Lipinski definition) is 0. The molecule has 5 aromatic rings. The average molecular weight is 1620 g/mol. The van der Waals surface area contributed by atoms with Crippen LogP contribution in [-0.2, 0) is 138 Å². The second-order valence-electron chi connectivity index (χ2n) is 29.4. The van der Waals surface area contributed by atoms with Crippen molar-refractivity contribution in [1.29, 1.82) is 0 Å². The second-order valence-corrected chi connectivity index (χ2v) is 43.5. The van der Waals surface area contributed by atoms with E-state index in [0.29, 0.717) is 0 Å². The van der Waals surface area contributed by atoms with Gasteiger partial charge in [-0.15, -0.1) is 0 Å². The molecule has 6 aliphatic rings. The lowest BCUT2D eigenvalue weighted by atomic mass is 9.92. The van der Waals surface area contributed by atoms with E-state index in [4.69, 9.17) is 114 Å². The highest BCUT2D eigenvalue weighted by atomic mass is 28.6. The predicted octanol–water partition coefficient (Wildman–Crippen LogP) is 9.49. The zero-order valence-corrected chi connectivity index (χ0v) is 68.7. The molecule has 0 atom stereocenters. The van der Waals surface area contributed by atoms with Gasteiger partial charge in [0.15, 0.2) is 31.5 Å². The number of esters is 5. The van der Waals surface area contributed by atoms with E-state index in [9.17, 15) is 24.0 Å². The predicted molar refractivity (Wildman–Crippen MR) is 394 cm³/mol. The molecule has 0 aromatic heterocycles. The summed E-state index contributed by atoms with van der Waals surface area (Å²) in [7, 11) is -22.9. The second kappa shape index (κ2) is 37.3. The molecule has 11 rings (SSSR count). The summed E-state index contributed by atoms with van der Waals surface area (Å²) < 4.78 is 159. The van der Waals surface area contributed by atoms with Crippen molar-refractivity contribution >= 4 is 73.9 Å². The van der Waals surface area contributed by atoms with Gasteiger partial charge in [-0.3, -0.25) is 24.0 Å². The first kappa shape index (κ1) is 84.6. The SMILES string of the molecule is CC1(C(=O)OCCO[Si]2(C)O[Si](C)(OCCOC(=O)C3(C)COC(c4ccccc4)OC3)O[Si](C)(OCCOC(=O)C3(C)COC(c4ccccc4)OC3)O[Si](C)(OCCOC(=O)C3(C)COC(c4ccccc4)OC3)O[Si](C)(OCCOC(=O)C3(C)COC(c4ccccc4)OC3)O2)COC(c2ccccc2)OC1. The molecule has 0 spiro atoms. The van der Waals surface area contributed by atoms with Crippen molar-refractivity contribution in [1.82, 2.24) is 0 Å². The van der Waals surface area contributed by atoms with Crippen molar-refractivity contribution in [2.24, 2.45) is 27.1 Å². The van der Waals surface area contributed by atoms with E-state index in [1.165, 1.54) is 32.7 Å². The van der Waals surface area contributed by atoms with E-state index in [0.717, 1.165) is 27.8 Å². The lowest BCUT2D eigenvalue weighted by Crippen LogP contribution is -2.70. The average Bonchev–Trinajstić information content (AvgIpc) is 0.764. The maximum Gasteiger partial charge on any atom is 0.483 e. The maximum atomic E-state index is 14.0. The van der Waals surface area contributed by atoms with Crippen molar-refractivity contribution < 1.29 is 138 Å². The first-order chi connectivity index (χ1) is 52.5. The molecule has 30 nitrogen and oxygen atoms in total. The van der Waals surface area contributed by atoms with E-state index >= 15 is 0 Å². The molecule has 6 fully saturated rings. The third-order valence-electron chi connectivity index (χ3n) is 18.6. The van der Waals surface area contributed by atoms with Gasteiger partial charge in [-0.1, -0.05) is 152 Å². The Balaban J connectivity index is 0.857. The molecule has 110 heavy (non-hydrogen) atoms. The number of carbonyl (C=O) groups is 5. The van der Waals surface area contributed by atoms with Crippen LogP contribution in [0.5, 0.6) is 0 Å². The van der Waals surface area contributed by atoms with Gasteiger partial charge in [0.1, 0.15) is 60.1 Å². The Morgan fingerprint density at radius 3 is 0.527 bits per heavy atom. The van der Waals surface area contributed by atoms with Crippen LogP contribution in [-0.4, -0.2) is 206 Å². The van der Waals surface area contributed by atoms with Gasteiger partial charge in [0, 0.05) is 60.6 Å². The number of benzene rings is 5. The van der Waals surface area contributed by atoms with Gasteiger partial charge in [-0.2, -0.15) is 0 Å². The number of hydrogen-bond acceptors (Lipinski definition) is 30. The standard InChI is InChI=1S/C75H100O30Si5/c1-71(46-86-61(87-47-71)56-26-16-11-17-27-56)66(76)81-36-41-96-106(6)101-107(7,97-42-37-82-67(77)72(2)48-88-62(89-49-72)57-28-18-12-19-29-57)103-109(9,99-44-39-84-69(79)74(4)52-92-64(93-53-74)59-32-22-14-23-33-59)105-110(10,100-45-40-85-70(80)75(5)54-94-65(95-55-75)60-34-24-15-25-35-60)104-108(8,102-106)98-43-38-83-68(78)73(3)50-90-63(91-51-73)58-30-20-13-21-31-58/h11-35,61-65H,36-55H2,1-10H3. The minimum Gasteiger partial charge on any atom is -0.463 e. The molecular formula is C75H100O30Si5. The van der Waals surface area contributed by atoms with Gasteiger partial charge in [0.25, 0.3) is 0 Å². The van der Waals surface area contributed by atoms with Gasteiger partial charge >= 0.3 is 73.9 Å². The van der Waals surface area contributed by atoms with Crippen LogP contribution >= 0.6 is 0 Å². The first-order valence-electron chi connectivity index (χ1n) is 36.5. The van der Waals surface area contributed by atoms with Crippen molar-refractivity contribution in [2.45, 2.75) is 98.8 Å². The molecule has 0 radical (unpaired) electrons. The van der Waals surface area contributed by atoms with Crippen LogP contribution < -0.4 is 0 Å². The topological polar surface area (TPSA) is 316 Å². The van der Waals surface area contributed by atoms with E-state index in [1.54, 1.807) is 34.6 Å². The quantitative estimate of drug-likeness (QED) is 0.0179. The zero-order valence-electron chi connectivity index (χ0n) is 63.7. The molecule has 0 amide bonds. The van der Waals surface area contributed by atoms with E-state index in [-0.39, 0.29) is 132 Å². The third-order valence-corrected chi connectivity index (χ3v) is 37.1. The van der Waals surface area contributed by atoms with Gasteiger partial charge in [0.05, 0.1) is 99.1 Å². The summed E-state index contributed by atoms with van der Waals surface area (Å²) in [6, 6.07) is 46.6. The van der Waals surface area contributed by atoms with Crippen LogP contribution in [0.15, 0.2) is 152 Å². The number of ether oxygens (including phenoxy) is 15. The summed E-state index contributed by atoms with van der Waals surface area (Å²) in [6.45, 7) is 11.9. The summed E-state index contributed by atoms with van der Waals surface area (Å²) in [5.74, 6) is -3.24. The number of rotatable bonds is 30. The van der Waals surface area contributed by atoms with Crippen LogP contribution in [0.3, 0.4) is 0 Å². The van der Waals surface area contributed by atoms with E-state index < -0.39 is 132 Å². The summed E-state index contributed by atoms with van der Waals surface area (Å²) in [5, 5.41) is 0. The van der Waals surface area contributed by atoms with Gasteiger partial charge in [-0.25, -0.2) is 0 Å². The van der Waals surface area contributed by atoms with Crippen LogP contribution in [0.2, 0.25) is 32.7 Å². The molecule has 0 aliphatic carbocycles. The summed E-state index contributed by atoms with van der Waals surface area (Å²) >= 11 is 0. The Kier molecular flexibility index (Phi) is 28.7. The normalized spacial score (nSPS) is 33.6. The van der Waals surface area contributed by atoms with Crippen molar-refractivity contribution in [3.63, 3.8) is 0 Å². The molecule has 6 saturated heterocycles. The molecule has 600 valence electrons. The largest absolute Gasteiger partial charge is 0.483 e. The Morgan fingerprint density at radius 2 is 0.391 bits per heavy atom. The maximum absolute atomic E-state index is 14.0. The van der Waals surface area contributed by atoms with Crippen molar-refractivity contribution in [2.75, 3.05) is 132 Å². The molecule has 6 heterocycles. The summed E-state index contributed by atoms with van der Waals surface area (Å²) in [6.07, 6.45) is -3.52. The third kappa shape index (κ3) is 22.6. The zero-order chi connectivity index (χ0) is 78.2. The highest BCUT2D eigenvalue weighted by molar-refractivity contribution is 6.88. The Bertz CT molecular complexity index is 3190. The highest BCUT2D eigenvalue weighted by Gasteiger charge is 2.64. The Labute approximate surface area is 645 Å². The van der Waals surface area contributed by atoms with Crippen LogP contribution in [0, 0.1) is 27.1 Å². The fourth-order valence-electron chi connectivity index (χ4n) is 12.4. The fraction of sp³-hybridized carbons (Fsp3) is 0.533. The van der Waals surface area contributed by atoms with Crippen LogP contribution in [0.25, 0.3) is 0 Å². The van der Waals surface area contributed by atoms with Gasteiger partial charge in [0.2, 0.25) is 0 Å². The van der Waals surface area contributed by atoms with Crippen molar-refractivity contribution in [3.8, 4) is 0 Å². The molecule has 0 N–H and O–H groups in total. The smallest absolute Gasteiger partial charge is 0.463 e. The van der Waals surface area contributed by atoms with Gasteiger partial charge < -0.3 is 114 Å². The van der Waals surface area contributed by atoms with E-state index in [2.05, 4.69) is 0 Å². The minimum atomic E-state index is -4.58. The van der Waals surface area contributed by atoms with Crippen LogP contribution in [0.1, 0.15) is 93.9 Å². The molecule has 5 aromatic carbocycles. The fourth-order valence-corrected chi connectivity index (χ4v) is 33.2. The number of carbonyl (C=O) groups excluding carboxylic acids is 5. The van der Waals surface area contributed by atoms with Crippen molar-refractivity contribution in [3.05, 3.63) is 179 Å². The van der Waals surface area contributed by atoms with Gasteiger partial charge in [-0.05, 0) is 34.6 Å². The Hall–Kier alpha value is -6.27. The van der Waals surface area contributed by atoms with E-state index in [1.807, 2.05) is 152 Å².